The van der Waals surface area contributed by atoms with Crippen molar-refractivity contribution in [1.29, 1.82) is 0 Å². The van der Waals surface area contributed by atoms with Gasteiger partial charge in [-0.3, -0.25) is 4.79 Å². The number of rotatable bonds is 10. The lowest BCUT2D eigenvalue weighted by atomic mass is 10.1. The molecular formula is C22H35N3O. The van der Waals surface area contributed by atoms with E-state index in [-0.39, 0.29) is 5.91 Å². The predicted octanol–water partition coefficient (Wildman–Crippen LogP) is 4.38. The fourth-order valence-corrected chi connectivity index (χ4v) is 3.70. The lowest BCUT2D eigenvalue weighted by Crippen LogP contribution is -2.29. The average molecular weight is 358 g/mol. The van der Waals surface area contributed by atoms with Crippen LogP contribution in [0.5, 0.6) is 0 Å². The molecule has 0 aliphatic rings. The van der Waals surface area contributed by atoms with E-state index < -0.39 is 0 Å². The van der Waals surface area contributed by atoms with Gasteiger partial charge in [-0.2, -0.15) is 0 Å². The topological polar surface area (TPSA) is 37.3 Å². The van der Waals surface area contributed by atoms with E-state index in [9.17, 15) is 4.79 Å². The molecule has 1 amide bonds. The van der Waals surface area contributed by atoms with Gasteiger partial charge in [-0.05, 0) is 76.0 Å². The minimum Gasteiger partial charge on any atom is -0.351 e. The monoisotopic (exact) mass is 357 g/mol. The molecule has 0 atom stereocenters. The molecule has 0 spiro atoms. The van der Waals surface area contributed by atoms with Crippen LogP contribution in [-0.4, -0.2) is 41.6 Å². The van der Waals surface area contributed by atoms with E-state index >= 15 is 0 Å². The maximum Gasteiger partial charge on any atom is 0.268 e. The second kappa shape index (κ2) is 9.77. The van der Waals surface area contributed by atoms with E-state index in [0.29, 0.717) is 0 Å². The fourth-order valence-electron chi connectivity index (χ4n) is 3.70. The van der Waals surface area contributed by atoms with Gasteiger partial charge in [0.2, 0.25) is 0 Å². The molecule has 4 heteroatoms. The van der Waals surface area contributed by atoms with Gasteiger partial charge >= 0.3 is 0 Å². The normalized spacial score (nSPS) is 11.5. The SMILES string of the molecule is CCc1ccc2c(c1)c(C)c(C(=O)NCCCCN(CC)CC)n2CC. The molecule has 0 saturated carbocycles. The Morgan fingerprint density at radius 1 is 1.12 bits per heavy atom. The number of aryl methyl sites for hydroxylation is 3. The minimum atomic E-state index is 0.0569. The summed E-state index contributed by atoms with van der Waals surface area (Å²) in [6.45, 7) is 15.6. The summed E-state index contributed by atoms with van der Waals surface area (Å²) in [6.07, 6.45) is 3.16. The molecule has 0 bridgehead atoms. The number of nitrogens with one attached hydrogen (secondary N) is 1. The Balaban J connectivity index is 2.06. The van der Waals surface area contributed by atoms with Crippen LogP contribution in [0.2, 0.25) is 0 Å². The van der Waals surface area contributed by atoms with Gasteiger partial charge in [0, 0.05) is 24.0 Å². The molecule has 1 aromatic heterocycles. The van der Waals surface area contributed by atoms with E-state index in [4.69, 9.17) is 0 Å². The first kappa shape index (κ1) is 20.5. The fraction of sp³-hybridized carbons (Fsp3) is 0.591. The van der Waals surface area contributed by atoms with E-state index in [1.54, 1.807) is 0 Å². The summed E-state index contributed by atoms with van der Waals surface area (Å²) in [5.74, 6) is 0.0569. The van der Waals surface area contributed by atoms with Crippen molar-refractivity contribution in [2.45, 2.75) is 60.4 Å². The van der Waals surface area contributed by atoms with Gasteiger partial charge in [0.15, 0.2) is 0 Å². The maximum atomic E-state index is 12.8. The zero-order chi connectivity index (χ0) is 19.1. The van der Waals surface area contributed by atoms with Crippen LogP contribution in [0.3, 0.4) is 0 Å². The summed E-state index contributed by atoms with van der Waals surface area (Å²) >= 11 is 0. The standard InChI is InChI=1S/C22H35N3O/c1-6-18-12-13-20-19(16-18)17(5)21(25(20)9-4)22(26)23-14-10-11-15-24(7-2)8-3/h12-13,16H,6-11,14-15H2,1-5H3,(H,23,26). The molecular weight excluding hydrogens is 322 g/mol. The number of carbonyl (C=O) groups is 1. The first-order valence-corrected chi connectivity index (χ1v) is 10.2. The third-order valence-corrected chi connectivity index (χ3v) is 5.40. The van der Waals surface area contributed by atoms with Crippen molar-refractivity contribution < 1.29 is 4.79 Å². The van der Waals surface area contributed by atoms with Crippen LogP contribution in [-0.2, 0) is 13.0 Å². The minimum absolute atomic E-state index is 0.0569. The van der Waals surface area contributed by atoms with Crippen molar-refractivity contribution in [3.8, 4) is 0 Å². The summed E-state index contributed by atoms with van der Waals surface area (Å²) in [4.78, 5) is 15.3. The largest absolute Gasteiger partial charge is 0.351 e. The highest BCUT2D eigenvalue weighted by atomic mass is 16.1. The molecule has 0 radical (unpaired) electrons. The van der Waals surface area contributed by atoms with E-state index in [0.717, 1.165) is 68.8 Å². The van der Waals surface area contributed by atoms with Gasteiger partial charge in [0.05, 0.1) is 0 Å². The highest BCUT2D eigenvalue weighted by Crippen LogP contribution is 2.27. The number of nitrogens with zero attached hydrogens (tertiary/aromatic N) is 2. The number of hydrogen-bond donors (Lipinski definition) is 1. The van der Waals surface area contributed by atoms with Gasteiger partial charge in [-0.25, -0.2) is 0 Å². The Hall–Kier alpha value is -1.81. The van der Waals surface area contributed by atoms with Crippen LogP contribution in [0.25, 0.3) is 10.9 Å². The summed E-state index contributed by atoms with van der Waals surface area (Å²) in [7, 11) is 0. The van der Waals surface area contributed by atoms with Crippen LogP contribution in [0.4, 0.5) is 0 Å². The smallest absolute Gasteiger partial charge is 0.268 e. The first-order valence-electron chi connectivity index (χ1n) is 10.2. The number of unbranched alkanes of at least 4 members (excludes halogenated alkanes) is 1. The van der Waals surface area contributed by atoms with Crippen LogP contribution in [0, 0.1) is 6.92 Å². The molecule has 1 N–H and O–H groups in total. The van der Waals surface area contributed by atoms with Crippen molar-refractivity contribution in [2.24, 2.45) is 0 Å². The lowest BCUT2D eigenvalue weighted by molar-refractivity contribution is 0.0943. The quantitative estimate of drug-likeness (QED) is 0.641. The molecule has 0 unspecified atom stereocenters. The molecule has 2 aromatic rings. The van der Waals surface area contributed by atoms with E-state index in [1.165, 1.54) is 10.9 Å². The predicted molar refractivity (Wildman–Crippen MR) is 111 cm³/mol. The van der Waals surface area contributed by atoms with Crippen molar-refractivity contribution in [1.82, 2.24) is 14.8 Å². The third-order valence-electron chi connectivity index (χ3n) is 5.40. The maximum absolute atomic E-state index is 12.8. The highest BCUT2D eigenvalue weighted by molar-refractivity contribution is 6.01. The summed E-state index contributed by atoms with van der Waals surface area (Å²) in [5.41, 5.74) is 4.39. The molecule has 2 rings (SSSR count). The Morgan fingerprint density at radius 2 is 1.85 bits per heavy atom. The Labute approximate surface area is 158 Å². The van der Waals surface area contributed by atoms with Crippen LogP contribution in [0.15, 0.2) is 18.2 Å². The number of hydrogen-bond acceptors (Lipinski definition) is 2. The Bertz CT molecular complexity index is 729. The number of amides is 1. The summed E-state index contributed by atoms with van der Waals surface area (Å²) < 4.78 is 2.15. The first-order chi connectivity index (χ1) is 12.6. The zero-order valence-corrected chi connectivity index (χ0v) is 17.2. The Morgan fingerprint density at radius 3 is 2.46 bits per heavy atom. The van der Waals surface area contributed by atoms with Gasteiger partial charge in [-0.1, -0.05) is 26.8 Å². The van der Waals surface area contributed by atoms with Gasteiger partial charge in [0.25, 0.3) is 5.91 Å². The average Bonchev–Trinajstić information content (AvgIpc) is 2.95. The lowest BCUT2D eigenvalue weighted by Gasteiger charge is -2.17. The number of carbonyl (C=O) groups excluding carboxylic acids is 1. The van der Waals surface area contributed by atoms with E-state index in [1.807, 2.05) is 0 Å². The van der Waals surface area contributed by atoms with Crippen molar-refractivity contribution in [3.63, 3.8) is 0 Å². The summed E-state index contributed by atoms with van der Waals surface area (Å²) in [5, 5.41) is 4.34. The molecule has 4 nitrogen and oxygen atoms in total. The third kappa shape index (κ3) is 4.47. The number of aromatic nitrogens is 1. The molecule has 1 heterocycles. The highest BCUT2D eigenvalue weighted by Gasteiger charge is 2.19. The molecule has 0 aliphatic heterocycles. The van der Waals surface area contributed by atoms with Crippen LogP contribution >= 0.6 is 0 Å². The van der Waals surface area contributed by atoms with E-state index in [2.05, 4.69) is 67.6 Å². The zero-order valence-electron chi connectivity index (χ0n) is 17.2. The number of benzene rings is 1. The van der Waals surface area contributed by atoms with Crippen molar-refractivity contribution in [3.05, 3.63) is 35.0 Å². The second-order valence-electron chi connectivity index (χ2n) is 6.91. The molecule has 26 heavy (non-hydrogen) atoms. The molecule has 1 aromatic carbocycles. The van der Waals surface area contributed by atoms with Crippen molar-refractivity contribution >= 4 is 16.8 Å². The van der Waals surface area contributed by atoms with Gasteiger partial charge < -0.3 is 14.8 Å². The number of fused-ring (bicyclic) bond motifs is 1. The van der Waals surface area contributed by atoms with Crippen LogP contribution < -0.4 is 5.32 Å². The van der Waals surface area contributed by atoms with Crippen molar-refractivity contribution in [2.75, 3.05) is 26.2 Å². The summed E-state index contributed by atoms with van der Waals surface area (Å²) in [6, 6.07) is 6.56. The van der Waals surface area contributed by atoms with Gasteiger partial charge in [-0.15, -0.1) is 0 Å². The molecule has 0 saturated heterocycles. The second-order valence-corrected chi connectivity index (χ2v) is 6.91. The Kier molecular flexibility index (Phi) is 7.70. The molecule has 144 valence electrons. The van der Waals surface area contributed by atoms with Crippen LogP contribution in [0.1, 0.15) is 62.2 Å². The molecule has 0 aliphatic carbocycles. The molecule has 0 fully saturated rings. The van der Waals surface area contributed by atoms with Gasteiger partial charge in [0.1, 0.15) is 5.69 Å².